The minimum atomic E-state index is -3.89. The van der Waals surface area contributed by atoms with Crippen LogP contribution in [0.25, 0.3) is 0 Å². The lowest BCUT2D eigenvalue weighted by Gasteiger charge is -2.37. The van der Waals surface area contributed by atoms with E-state index in [-0.39, 0.29) is 11.5 Å². The van der Waals surface area contributed by atoms with Gasteiger partial charge in [-0.1, -0.05) is 0 Å². The molecule has 0 aliphatic carbocycles. The van der Waals surface area contributed by atoms with Gasteiger partial charge in [0.1, 0.15) is 4.75 Å². The highest BCUT2D eigenvalue weighted by molar-refractivity contribution is 9.10. The molecule has 0 spiro atoms. The molecule has 1 unspecified atom stereocenters. The standard InChI is InChI=1S/C14H20BrF2NO3S2/c1-6-21-11(19)14(16,17)13(5,10-7-9(15)8-22-10)18-23(20)12(2,3)4/h7-8,18H,6H2,1-5H3/t13-,23?/m1/s1. The molecule has 2 atom stereocenters. The van der Waals surface area contributed by atoms with E-state index in [4.69, 9.17) is 0 Å². The van der Waals surface area contributed by atoms with Crippen molar-refractivity contribution < 1.29 is 22.9 Å². The van der Waals surface area contributed by atoms with Crippen molar-refractivity contribution in [2.45, 2.75) is 50.8 Å². The van der Waals surface area contributed by atoms with E-state index in [2.05, 4.69) is 25.4 Å². The topological polar surface area (TPSA) is 61.4 Å². The van der Waals surface area contributed by atoms with Gasteiger partial charge in [0, 0.05) is 26.1 Å². The van der Waals surface area contributed by atoms with Gasteiger partial charge in [-0.25, -0.2) is 4.79 Å². The van der Waals surface area contributed by atoms with E-state index in [0.29, 0.717) is 4.47 Å². The number of rotatable bonds is 6. The second-order valence-electron chi connectivity index (χ2n) is 6.03. The molecule has 132 valence electrons. The Morgan fingerprint density at radius 3 is 2.39 bits per heavy atom. The Hall–Kier alpha value is -0.220. The maximum absolute atomic E-state index is 14.8. The normalized spacial score (nSPS) is 16.7. The zero-order valence-electron chi connectivity index (χ0n) is 13.5. The van der Waals surface area contributed by atoms with E-state index in [1.807, 2.05) is 0 Å². The molecule has 1 N–H and O–H groups in total. The Morgan fingerprint density at radius 1 is 1.43 bits per heavy atom. The summed E-state index contributed by atoms with van der Waals surface area (Å²) in [5.41, 5.74) is -2.16. The third-order valence-corrected chi connectivity index (χ3v) is 6.69. The van der Waals surface area contributed by atoms with Crippen LogP contribution in [0, 0.1) is 0 Å². The maximum atomic E-state index is 14.8. The largest absolute Gasteiger partial charge is 0.598 e. The Labute approximate surface area is 150 Å². The zero-order valence-corrected chi connectivity index (χ0v) is 16.8. The van der Waals surface area contributed by atoms with Gasteiger partial charge < -0.3 is 9.29 Å². The van der Waals surface area contributed by atoms with Gasteiger partial charge in [0.05, 0.1) is 6.61 Å². The minimum Gasteiger partial charge on any atom is -0.598 e. The number of carbonyl (C=O) groups excluding carboxylic acids is 1. The number of esters is 1. The van der Waals surface area contributed by atoms with Gasteiger partial charge in [-0.15, -0.1) is 16.1 Å². The number of ether oxygens (including phenoxy) is 1. The molecule has 0 saturated carbocycles. The summed E-state index contributed by atoms with van der Waals surface area (Å²) in [6.45, 7) is 7.41. The van der Waals surface area contributed by atoms with Crippen LogP contribution >= 0.6 is 27.3 Å². The molecule has 0 aliphatic heterocycles. The predicted molar refractivity (Wildman–Crippen MR) is 92.0 cm³/mol. The summed E-state index contributed by atoms with van der Waals surface area (Å²) < 4.78 is 48.8. The predicted octanol–water partition coefficient (Wildman–Crippen LogP) is 3.98. The first-order chi connectivity index (χ1) is 10.4. The van der Waals surface area contributed by atoms with Crippen LogP contribution in [0.2, 0.25) is 0 Å². The molecule has 1 heterocycles. The van der Waals surface area contributed by atoms with Crippen LogP contribution in [0.5, 0.6) is 0 Å². The van der Waals surface area contributed by atoms with Crippen LogP contribution in [0.1, 0.15) is 39.5 Å². The molecule has 9 heteroatoms. The third kappa shape index (κ3) is 4.45. The molecule has 23 heavy (non-hydrogen) atoms. The smallest absolute Gasteiger partial charge is 0.379 e. The van der Waals surface area contributed by atoms with Gasteiger partial charge in [0.2, 0.25) is 0 Å². The van der Waals surface area contributed by atoms with Crippen molar-refractivity contribution in [3.05, 3.63) is 20.8 Å². The summed E-state index contributed by atoms with van der Waals surface area (Å²) in [6, 6.07) is 1.48. The number of halogens is 3. The second kappa shape index (κ2) is 7.35. The Bertz CT molecular complexity index is 562. The fourth-order valence-electron chi connectivity index (χ4n) is 1.61. The van der Waals surface area contributed by atoms with Crippen molar-refractivity contribution in [3.8, 4) is 0 Å². The molecule has 1 rings (SSSR count). The first kappa shape index (κ1) is 20.8. The zero-order chi connectivity index (χ0) is 18.1. The Balaban J connectivity index is 3.34. The maximum Gasteiger partial charge on any atom is 0.379 e. The first-order valence-electron chi connectivity index (χ1n) is 6.85. The highest BCUT2D eigenvalue weighted by Crippen LogP contribution is 2.43. The van der Waals surface area contributed by atoms with Gasteiger partial charge in [-0.3, -0.25) is 0 Å². The van der Waals surface area contributed by atoms with Crippen LogP contribution in [-0.2, 0) is 26.4 Å². The number of carbonyl (C=O) groups is 1. The average molecular weight is 432 g/mol. The molecule has 0 aliphatic rings. The van der Waals surface area contributed by atoms with Crippen molar-refractivity contribution in [3.63, 3.8) is 0 Å². The van der Waals surface area contributed by atoms with Gasteiger partial charge in [0.25, 0.3) is 0 Å². The summed E-state index contributed by atoms with van der Waals surface area (Å²) in [7, 11) is 0. The third-order valence-electron chi connectivity index (χ3n) is 3.07. The summed E-state index contributed by atoms with van der Waals surface area (Å²) in [5.74, 6) is -5.54. The summed E-state index contributed by atoms with van der Waals surface area (Å²) in [6.07, 6.45) is 0. The molecule has 1 aromatic rings. The van der Waals surface area contributed by atoms with Crippen molar-refractivity contribution in [2.75, 3.05) is 6.61 Å². The summed E-state index contributed by atoms with van der Waals surface area (Å²) >= 11 is 2.44. The van der Waals surface area contributed by atoms with Crippen LogP contribution in [0.15, 0.2) is 15.9 Å². The van der Waals surface area contributed by atoms with Crippen molar-refractivity contribution in [1.29, 1.82) is 0 Å². The lowest BCUT2D eigenvalue weighted by Crippen LogP contribution is -2.61. The highest BCUT2D eigenvalue weighted by Gasteiger charge is 2.62. The van der Waals surface area contributed by atoms with E-state index in [9.17, 15) is 18.1 Å². The summed E-state index contributed by atoms with van der Waals surface area (Å²) in [4.78, 5) is 12.0. The number of hydrogen-bond donors (Lipinski definition) is 1. The van der Waals surface area contributed by atoms with Crippen molar-refractivity contribution in [2.24, 2.45) is 0 Å². The number of thiophene rings is 1. The second-order valence-corrected chi connectivity index (χ2v) is 9.83. The minimum absolute atomic E-state index is 0.166. The van der Waals surface area contributed by atoms with Gasteiger partial charge in [-0.05, 0) is 56.6 Å². The molecule has 0 aromatic carbocycles. The first-order valence-corrected chi connectivity index (χ1v) is 9.67. The SMILES string of the molecule is CCOC(=O)C(F)(F)[C@](C)(N[S+]([O-])C(C)(C)C)c1cc(Br)cs1. The van der Waals surface area contributed by atoms with Crippen LogP contribution in [0.4, 0.5) is 8.78 Å². The van der Waals surface area contributed by atoms with Crippen molar-refractivity contribution >= 4 is 44.6 Å². The number of nitrogens with one attached hydrogen (secondary N) is 1. The van der Waals surface area contributed by atoms with Crippen LogP contribution < -0.4 is 4.72 Å². The fourth-order valence-corrected chi connectivity index (χ4v) is 4.17. The summed E-state index contributed by atoms with van der Waals surface area (Å²) in [5, 5.41) is 1.62. The van der Waals surface area contributed by atoms with Gasteiger partial charge in [0.15, 0.2) is 5.54 Å². The van der Waals surface area contributed by atoms with Gasteiger partial charge >= 0.3 is 11.9 Å². The molecular formula is C14H20BrF2NO3S2. The Morgan fingerprint density at radius 2 is 2.00 bits per heavy atom. The van der Waals surface area contributed by atoms with Crippen LogP contribution in [0.3, 0.4) is 0 Å². The van der Waals surface area contributed by atoms with E-state index >= 15 is 0 Å². The molecule has 0 radical (unpaired) electrons. The Kier molecular flexibility index (Phi) is 6.65. The molecule has 0 amide bonds. The molecule has 0 bridgehead atoms. The van der Waals surface area contributed by atoms with Crippen molar-refractivity contribution in [1.82, 2.24) is 4.72 Å². The molecular weight excluding hydrogens is 412 g/mol. The monoisotopic (exact) mass is 431 g/mol. The lowest BCUT2D eigenvalue weighted by molar-refractivity contribution is -0.183. The molecule has 0 fully saturated rings. The van der Waals surface area contributed by atoms with E-state index in [1.165, 1.54) is 13.0 Å². The lowest BCUT2D eigenvalue weighted by atomic mass is 9.93. The molecule has 1 aromatic heterocycles. The fraction of sp³-hybridized carbons (Fsp3) is 0.643. The van der Waals surface area contributed by atoms with Gasteiger partial charge in [-0.2, -0.15) is 8.78 Å². The number of alkyl halides is 2. The van der Waals surface area contributed by atoms with Crippen LogP contribution in [-0.4, -0.2) is 27.8 Å². The average Bonchev–Trinajstić information content (AvgIpc) is 2.84. The quantitative estimate of drug-likeness (QED) is 0.546. The van der Waals surface area contributed by atoms with E-state index in [0.717, 1.165) is 18.3 Å². The van der Waals surface area contributed by atoms with E-state index < -0.39 is 33.5 Å². The molecule has 4 nitrogen and oxygen atoms in total. The molecule has 0 saturated heterocycles. The van der Waals surface area contributed by atoms with E-state index in [1.54, 1.807) is 26.2 Å². The highest BCUT2D eigenvalue weighted by atomic mass is 79.9. The number of hydrogen-bond acceptors (Lipinski definition) is 5.